The first-order valence-electron chi connectivity index (χ1n) is 14.7. The summed E-state index contributed by atoms with van der Waals surface area (Å²) < 4.78 is 51.3. The van der Waals surface area contributed by atoms with Crippen molar-refractivity contribution in [2.75, 3.05) is 31.6 Å². The summed E-state index contributed by atoms with van der Waals surface area (Å²) in [5.41, 5.74) is 6.57. The molecule has 10 heteroatoms. The van der Waals surface area contributed by atoms with Crippen LogP contribution in [0.15, 0.2) is 67.1 Å². The van der Waals surface area contributed by atoms with Crippen molar-refractivity contribution in [3.8, 4) is 22.4 Å². The molecule has 230 valence electrons. The molecule has 1 aromatic heterocycles. The van der Waals surface area contributed by atoms with E-state index in [0.717, 1.165) is 58.7 Å². The van der Waals surface area contributed by atoms with E-state index in [1.807, 2.05) is 25.1 Å². The fourth-order valence-corrected chi connectivity index (χ4v) is 5.74. The summed E-state index contributed by atoms with van der Waals surface area (Å²) in [5.74, 6) is 0.521. The molecule has 2 aliphatic rings. The number of likely N-dealkylation sites (tertiary alicyclic amines) is 1. The molecular weight excluding hydrogens is 579 g/mol. The molecule has 5 rings (SSSR count). The van der Waals surface area contributed by atoms with Gasteiger partial charge in [-0.25, -0.2) is 4.98 Å². The Morgan fingerprint density at radius 1 is 0.953 bits per heavy atom. The predicted molar refractivity (Wildman–Crippen MR) is 163 cm³/mol. The lowest BCUT2D eigenvalue weighted by molar-refractivity contribution is -0.328. The van der Waals surface area contributed by atoms with Crippen molar-refractivity contribution in [1.82, 2.24) is 9.88 Å². The Labute approximate surface area is 255 Å². The molecule has 0 bridgehead atoms. The number of ether oxygens (including phenoxy) is 3. The molecule has 1 N–H and O–H groups in total. The Kier molecular flexibility index (Phi) is 10.3. The summed E-state index contributed by atoms with van der Waals surface area (Å²) in [6.07, 6.45) is 1.31. The van der Waals surface area contributed by atoms with E-state index in [-0.39, 0.29) is 18.8 Å². The summed E-state index contributed by atoms with van der Waals surface area (Å²) >= 11 is 6.67. The van der Waals surface area contributed by atoms with E-state index in [9.17, 15) is 13.2 Å². The molecule has 43 heavy (non-hydrogen) atoms. The maximum Gasteiger partial charge on any atom is 0.522 e. The lowest BCUT2D eigenvalue weighted by Gasteiger charge is -2.39. The van der Waals surface area contributed by atoms with Crippen LogP contribution in [0, 0.1) is 6.92 Å². The molecule has 0 atom stereocenters. The number of hydrogen-bond acceptors (Lipinski definition) is 6. The minimum Gasteiger partial charge on any atom is -0.476 e. The summed E-state index contributed by atoms with van der Waals surface area (Å²) in [6.45, 7) is 7.55. The van der Waals surface area contributed by atoms with Crippen LogP contribution in [-0.4, -0.2) is 54.8 Å². The van der Waals surface area contributed by atoms with Gasteiger partial charge in [-0.05, 0) is 61.9 Å². The highest BCUT2D eigenvalue weighted by atomic mass is 35.5. The zero-order valence-electron chi connectivity index (χ0n) is 24.3. The van der Waals surface area contributed by atoms with Gasteiger partial charge in [0.1, 0.15) is 6.10 Å². The van der Waals surface area contributed by atoms with Gasteiger partial charge in [0.25, 0.3) is 0 Å². The maximum atomic E-state index is 12.0. The van der Waals surface area contributed by atoms with Crippen molar-refractivity contribution >= 4 is 17.3 Å². The van der Waals surface area contributed by atoms with Crippen LogP contribution in [0.5, 0.6) is 0 Å². The molecule has 0 spiro atoms. The fraction of sp³-hybridized carbons (Fsp3) is 0.424. The summed E-state index contributed by atoms with van der Waals surface area (Å²) in [5, 5.41) is 3.78. The second-order valence-corrected chi connectivity index (χ2v) is 11.5. The van der Waals surface area contributed by atoms with Gasteiger partial charge in [-0.2, -0.15) is 0 Å². The highest BCUT2D eigenvalue weighted by molar-refractivity contribution is 6.33. The van der Waals surface area contributed by atoms with E-state index in [1.54, 1.807) is 0 Å². The number of rotatable bonds is 12. The molecule has 1 aliphatic heterocycles. The quantitative estimate of drug-likeness (QED) is 0.163. The first-order valence-corrected chi connectivity index (χ1v) is 15.0. The van der Waals surface area contributed by atoms with Crippen molar-refractivity contribution in [3.63, 3.8) is 0 Å². The number of pyridine rings is 1. The largest absolute Gasteiger partial charge is 0.522 e. The number of anilines is 1. The number of nitrogens with zero attached hydrogens (tertiary/aromatic N) is 2. The fourth-order valence-electron chi connectivity index (χ4n) is 5.48. The molecule has 2 fully saturated rings. The molecule has 1 saturated heterocycles. The van der Waals surface area contributed by atoms with Gasteiger partial charge in [-0.15, -0.1) is 13.2 Å². The average molecular weight is 616 g/mol. The third kappa shape index (κ3) is 8.95. The molecule has 6 nitrogen and oxygen atoms in total. The van der Waals surface area contributed by atoms with Crippen LogP contribution >= 0.6 is 11.6 Å². The van der Waals surface area contributed by atoms with Gasteiger partial charge in [0.15, 0.2) is 5.88 Å². The number of nitrogens with one attached hydrogen (secondary N) is 1. The van der Waals surface area contributed by atoms with Gasteiger partial charge in [-0.1, -0.05) is 66.6 Å². The van der Waals surface area contributed by atoms with Gasteiger partial charge in [0, 0.05) is 25.2 Å². The van der Waals surface area contributed by atoms with Crippen LogP contribution in [0.2, 0.25) is 5.02 Å². The number of alkyl halides is 3. The Hall–Kier alpha value is -3.11. The third-order valence-electron chi connectivity index (χ3n) is 7.78. The summed E-state index contributed by atoms with van der Waals surface area (Å²) in [7, 11) is 0. The molecule has 2 heterocycles. The van der Waals surface area contributed by atoms with Gasteiger partial charge >= 0.3 is 6.36 Å². The zero-order valence-corrected chi connectivity index (χ0v) is 25.0. The van der Waals surface area contributed by atoms with Gasteiger partial charge < -0.3 is 14.8 Å². The van der Waals surface area contributed by atoms with E-state index in [4.69, 9.17) is 26.1 Å². The Morgan fingerprint density at radius 3 is 2.23 bits per heavy atom. The van der Waals surface area contributed by atoms with E-state index in [2.05, 4.69) is 57.9 Å². The number of halogens is 4. The van der Waals surface area contributed by atoms with E-state index >= 15 is 0 Å². The van der Waals surface area contributed by atoms with E-state index in [0.29, 0.717) is 24.0 Å². The highest BCUT2D eigenvalue weighted by Crippen LogP contribution is 2.33. The van der Waals surface area contributed by atoms with Crippen molar-refractivity contribution in [2.24, 2.45) is 0 Å². The molecule has 0 unspecified atom stereocenters. The Morgan fingerprint density at radius 2 is 1.58 bits per heavy atom. The first kappa shape index (κ1) is 31.3. The maximum absolute atomic E-state index is 12.0. The van der Waals surface area contributed by atoms with Gasteiger partial charge in [0.2, 0.25) is 0 Å². The van der Waals surface area contributed by atoms with Gasteiger partial charge in [0.05, 0.1) is 41.4 Å². The van der Waals surface area contributed by atoms with Crippen LogP contribution in [-0.2, 0) is 20.8 Å². The van der Waals surface area contributed by atoms with Crippen LogP contribution in [0.1, 0.15) is 43.4 Å². The topological polar surface area (TPSA) is 55.9 Å². The molecule has 1 saturated carbocycles. The summed E-state index contributed by atoms with van der Waals surface area (Å²) in [4.78, 5) is 6.97. The normalized spacial score (nSPS) is 16.6. The molecule has 0 radical (unpaired) electrons. The van der Waals surface area contributed by atoms with Crippen LogP contribution in [0.3, 0.4) is 0 Å². The number of benzene rings is 2. The smallest absolute Gasteiger partial charge is 0.476 e. The van der Waals surface area contributed by atoms with Crippen LogP contribution < -0.4 is 5.32 Å². The van der Waals surface area contributed by atoms with E-state index < -0.39 is 13.0 Å². The molecule has 1 aliphatic carbocycles. The minimum atomic E-state index is -4.61. The lowest BCUT2D eigenvalue weighted by Crippen LogP contribution is -2.51. The van der Waals surface area contributed by atoms with Crippen molar-refractivity contribution in [2.45, 2.75) is 64.1 Å². The highest BCUT2D eigenvalue weighted by Gasteiger charge is 2.30. The molecule has 0 amide bonds. The molecule has 3 aromatic rings. The van der Waals surface area contributed by atoms with Crippen LogP contribution in [0.25, 0.3) is 22.4 Å². The van der Waals surface area contributed by atoms with Crippen molar-refractivity contribution < 1.29 is 27.4 Å². The van der Waals surface area contributed by atoms with E-state index in [1.165, 1.54) is 19.3 Å². The predicted octanol–water partition coefficient (Wildman–Crippen LogP) is 8.35. The number of aryl methyl sites for hydroxylation is 1. The Bertz CT molecular complexity index is 1370. The standard InChI is InChI=1S/C33H37ClF3N3O3/c1-22-31(39-23(2)43-28-6-4-3-5-7-28)18-30(34)32(38-22)27-14-12-26(13-15-27)25-10-8-24(9-11-25)19-40-20-29(21-40)41-16-17-42-33(35,36)37/h8-15,18,28-29,39H,2-7,16-17,19-21H2,1H3. The number of hydrogen-bond donors (Lipinski definition) is 1. The second-order valence-electron chi connectivity index (χ2n) is 11.1. The number of aromatic nitrogens is 1. The summed E-state index contributed by atoms with van der Waals surface area (Å²) in [6, 6.07) is 18.4. The first-order chi connectivity index (χ1) is 20.6. The van der Waals surface area contributed by atoms with Crippen molar-refractivity contribution in [3.05, 3.63) is 83.3 Å². The van der Waals surface area contributed by atoms with Crippen LogP contribution in [0.4, 0.5) is 18.9 Å². The Balaban J connectivity index is 1.11. The molecular formula is C33H37ClF3N3O3. The second kappa shape index (κ2) is 14.1. The molecule has 2 aromatic carbocycles. The van der Waals surface area contributed by atoms with Gasteiger partial charge in [-0.3, -0.25) is 9.64 Å². The SMILES string of the molecule is C=C(Nc1cc(Cl)c(-c2ccc(-c3ccc(CN4CC(OCCOC(F)(F)F)C4)cc3)cc2)nc1C)OC1CCCCC1. The van der Waals surface area contributed by atoms with Crippen molar-refractivity contribution in [1.29, 1.82) is 0 Å². The minimum absolute atomic E-state index is 0.0615. The average Bonchev–Trinajstić information content (AvgIpc) is 2.96. The zero-order chi connectivity index (χ0) is 30.4. The third-order valence-corrected chi connectivity index (χ3v) is 8.07. The lowest BCUT2D eigenvalue weighted by atomic mass is 9.98. The monoisotopic (exact) mass is 615 g/mol.